The number of nitrogens with one attached hydrogen (secondary N) is 2. The van der Waals surface area contributed by atoms with Crippen molar-refractivity contribution >= 4 is 29.0 Å². The van der Waals surface area contributed by atoms with Gasteiger partial charge in [0, 0.05) is 34.9 Å². The molecule has 8 heteroatoms. The van der Waals surface area contributed by atoms with Crippen molar-refractivity contribution in [2.24, 2.45) is 0 Å². The normalized spacial score (nSPS) is 18.7. The molecular formula is C25H22ClF3N2O2. The summed E-state index contributed by atoms with van der Waals surface area (Å²) in [6.07, 6.45) is -2.78. The van der Waals surface area contributed by atoms with Crippen LogP contribution in [0, 0.1) is 6.92 Å². The number of Topliss-reactive ketones (excluding diaryl/α,β-unsaturated/α-hetero) is 1. The third kappa shape index (κ3) is 4.55. The predicted molar refractivity (Wildman–Crippen MR) is 121 cm³/mol. The molecule has 2 aliphatic rings. The number of hydrogen-bond acceptors (Lipinski definition) is 3. The summed E-state index contributed by atoms with van der Waals surface area (Å²) in [6, 6.07) is 10.3. The van der Waals surface area contributed by atoms with Gasteiger partial charge in [0.25, 0.3) is 5.91 Å². The average molecular weight is 475 g/mol. The molecule has 0 spiro atoms. The van der Waals surface area contributed by atoms with Gasteiger partial charge in [0.2, 0.25) is 0 Å². The Hall–Kier alpha value is -3.06. The van der Waals surface area contributed by atoms with Crippen LogP contribution in [0.15, 0.2) is 65.0 Å². The fourth-order valence-electron chi connectivity index (χ4n) is 4.36. The maximum absolute atomic E-state index is 13.4. The van der Waals surface area contributed by atoms with Gasteiger partial charge in [-0.3, -0.25) is 9.59 Å². The highest BCUT2D eigenvalue weighted by molar-refractivity contribution is 6.34. The Morgan fingerprint density at radius 1 is 1.09 bits per heavy atom. The van der Waals surface area contributed by atoms with Gasteiger partial charge in [-0.15, -0.1) is 0 Å². The van der Waals surface area contributed by atoms with Crippen molar-refractivity contribution in [3.63, 3.8) is 0 Å². The monoisotopic (exact) mass is 474 g/mol. The molecule has 2 N–H and O–H groups in total. The van der Waals surface area contributed by atoms with Crippen molar-refractivity contribution in [3.8, 4) is 0 Å². The molecule has 1 unspecified atom stereocenters. The molecule has 2 aromatic carbocycles. The fraction of sp³-hybridized carbons (Fsp3) is 0.280. The minimum Gasteiger partial charge on any atom is -0.362 e. The van der Waals surface area contributed by atoms with Crippen molar-refractivity contribution < 1.29 is 22.8 Å². The smallest absolute Gasteiger partial charge is 0.362 e. The summed E-state index contributed by atoms with van der Waals surface area (Å²) in [5.41, 5.74) is 2.89. The lowest BCUT2D eigenvalue weighted by Crippen LogP contribution is -2.35. The molecule has 0 aromatic heterocycles. The van der Waals surface area contributed by atoms with Gasteiger partial charge in [0.1, 0.15) is 0 Å². The van der Waals surface area contributed by atoms with Gasteiger partial charge in [-0.05, 0) is 50.5 Å². The third-order valence-electron chi connectivity index (χ3n) is 5.97. The minimum atomic E-state index is -4.58. The molecule has 0 fully saturated rings. The van der Waals surface area contributed by atoms with Gasteiger partial charge < -0.3 is 10.6 Å². The maximum atomic E-state index is 13.4. The highest BCUT2D eigenvalue weighted by Gasteiger charge is 2.39. The summed E-state index contributed by atoms with van der Waals surface area (Å²) in [5.74, 6) is -1.28. The molecule has 1 amide bonds. The van der Waals surface area contributed by atoms with Crippen molar-refractivity contribution in [3.05, 3.63) is 86.7 Å². The van der Waals surface area contributed by atoms with E-state index in [1.165, 1.54) is 0 Å². The first-order valence-electron chi connectivity index (χ1n) is 10.5. The number of amides is 1. The second kappa shape index (κ2) is 8.71. The minimum absolute atomic E-state index is 0.0149. The molecule has 4 rings (SSSR count). The summed E-state index contributed by atoms with van der Waals surface area (Å²) in [4.78, 5) is 26.4. The van der Waals surface area contributed by atoms with Crippen molar-refractivity contribution in [1.82, 2.24) is 5.32 Å². The molecule has 1 atom stereocenters. The quantitative estimate of drug-likeness (QED) is 0.551. The molecule has 1 aliphatic heterocycles. The van der Waals surface area contributed by atoms with Crippen LogP contribution in [0.4, 0.5) is 18.9 Å². The first-order chi connectivity index (χ1) is 15.6. The van der Waals surface area contributed by atoms with E-state index >= 15 is 0 Å². The second-order valence-electron chi connectivity index (χ2n) is 8.32. The summed E-state index contributed by atoms with van der Waals surface area (Å²) >= 11 is 6.09. The van der Waals surface area contributed by atoms with Crippen LogP contribution in [-0.2, 0) is 15.8 Å². The molecule has 0 bridgehead atoms. The van der Waals surface area contributed by atoms with Crippen LogP contribution in [0.25, 0.3) is 0 Å². The largest absolute Gasteiger partial charge is 0.416 e. The zero-order valence-electron chi connectivity index (χ0n) is 18.1. The van der Waals surface area contributed by atoms with Gasteiger partial charge in [-0.25, -0.2) is 0 Å². The lowest BCUT2D eigenvalue weighted by Gasteiger charge is -2.34. The highest BCUT2D eigenvalue weighted by atomic mass is 35.5. The summed E-state index contributed by atoms with van der Waals surface area (Å²) in [7, 11) is 0. The van der Waals surface area contributed by atoms with Crippen LogP contribution in [0.3, 0.4) is 0 Å². The Bertz CT molecular complexity index is 1200. The first-order valence-corrected chi connectivity index (χ1v) is 10.9. The van der Waals surface area contributed by atoms with Gasteiger partial charge in [0.05, 0.1) is 16.3 Å². The Morgan fingerprint density at radius 2 is 1.79 bits per heavy atom. The number of carbonyl (C=O) groups excluding carboxylic acids is 2. The number of allylic oxidation sites excluding steroid dienone is 3. The van der Waals surface area contributed by atoms with E-state index in [9.17, 15) is 22.8 Å². The average Bonchev–Trinajstić information content (AvgIpc) is 2.74. The molecular weight excluding hydrogens is 453 g/mol. The van der Waals surface area contributed by atoms with Crippen molar-refractivity contribution in [2.45, 2.75) is 45.2 Å². The zero-order valence-corrected chi connectivity index (χ0v) is 18.8. The van der Waals surface area contributed by atoms with Gasteiger partial charge in [-0.1, -0.05) is 41.4 Å². The van der Waals surface area contributed by atoms with E-state index in [1.807, 2.05) is 31.2 Å². The predicted octanol–water partition coefficient (Wildman–Crippen LogP) is 6.27. The number of ketones is 1. The fourth-order valence-corrected chi connectivity index (χ4v) is 4.53. The van der Waals surface area contributed by atoms with Gasteiger partial charge in [0.15, 0.2) is 5.78 Å². The number of benzene rings is 2. The van der Waals surface area contributed by atoms with E-state index in [-0.39, 0.29) is 22.1 Å². The Morgan fingerprint density at radius 3 is 2.45 bits per heavy atom. The van der Waals surface area contributed by atoms with Crippen molar-refractivity contribution in [2.75, 3.05) is 5.32 Å². The third-order valence-corrected chi connectivity index (χ3v) is 6.30. The molecule has 172 valence electrons. The molecule has 0 saturated carbocycles. The Labute approximate surface area is 194 Å². The lowest BCUT2D eigenvalue weighted by atomic mass is 9.75. The Balaban J connectivity index is 1.77. The van der Waals surface area contributed by atoms with Crippen LogP contribution in [0.5, 0.6) is 0 Å². The molecule has 4 nitrogen and oxygen atoms in total. The van der Waals surface area contributed by atoms with Crippen LogP contribution < -0.4 is 10.6 Å². The second-order valence-corrected chi connectivity index (χ2v) is 8.73. The van der Waals surface area contributed by atoms with Crippen LogP contribution in [0.1, 0.15) is 48.8 Å². The molecule has 1 aliphatic carbocycles. The Kier molecular flexibility index (Phi) is 6.10. The first kappa shape index (κ1) is 23.1. The number of hydrogen-bond donors (Lipinski definition) is 2. The molecule has 2 aromatic rings. The number of carbonyl (C=O) groups is 2. The molecule has 33 heavy (non-hydrogen) atoms. The van der Waals surface area contributed by atoms with Gasteiger partial charge >= 0.3 is 6.18 Å². The van der Waals surface area contributed by atoms with Crippen molar-refractivity contribution in [1.29, 1.82) is 0 Å². The maximum Gasteiger partial charge on any atom is 0.416 e. The van der Waals surface area contributed by atoms with E-state index in [0.29, 0.717) is 24.1 Å². The zero-order chi connectivity index (χ0) is 23.9. The van der Waals surface area contributed by atoms with Crippen LogP contribution in [-0.4, -0.2) is 11.7 Å². The lowest BCUT2D eigenvalue weighted by molar-refractivity contribution is -0.137. The summed E-state index contributed by atoms with van der Waals surface area (Å²) in [6.45, 7) is 3.67. The standard InChI is InChI=1S/C25H22ClF3N2O2/c1-13-6-8-15(9-7-13)22-21(14(2)30-18-4-3-5-20(32)23(18)22)24(33)31-19-12-16(25(27,28)29)10-11-17(19)26/h6-12,22,30H,3-5H2,1-2H3,(H,31,33). The molecule has 1 heterocycles. The van der Waals surface area contributed by atoms with E-state index in [0.717, 1.165) is 41.4 Å². The number of dihydropyridines is 1. The highest BCUT2D eigenvalue weighted by Crippen LogP contribution is 2.43. The number of aryl methyl sites for hydroxylation is 1. The molecule has 0 radical (unpaired) electrons. The van der Waals surface area contributed by atoms with E-state index < -0.39 is 23.6 Å². The summed E-state index contributed by atoms with van der Waals surface area (Å²) < 4.78 is 39.5. The number of anilines is 1. The topological polar surface area (TPSA) is 58.2 Å². The summed E-state index contributed by atoms with van der Waals surface area (Å²) in [5, 5.41) is 5.72. The number of rotatable bonds is 3. The van der Waals surface area contributed by atoms with Crippen LogP contribution >= 0.6 is 11.6 Å². The van der Waals surface area contributed by atoms with E-state index in [2.05, 4.69) is 10.6 Å². The van der Waals surface area contributed by atoms with Crippen LogP contribution in [0.2, 0.25) is 5.02 Å². The number of alkyl halides is 3. The number of halogens is 4. The van der Waals surface area contributed by atoms with E-state index in [1.54, 1.807) is 6.92 Å². The van der Waals surface area contributed by atoms with Gasteiger partial charge in [-0.2, -0.15) is 13.2 Å². The molecule has 0 saturated heterocycles. The SMILES string of the molecule is CC1=C(C(=O)Nc2cc(C(F)(F)F)ccc2Cl)C(c2ccc(C)cc2)C2=C(CCCC2=O)N1. The van der Waals surface area contributed by atoms with E-state index in [4.69, 9.17) is 11.6 Å².